The lowest BCUT2D eigenvalue weighted by atomic mass is 10.1. The highest BCUT2D eigenvalue weighted by atomic mass is 16.1. The summed E-state index contributed by atoms with van der Waals surface area (Å²) in [7, 11) is 0. The molecule has 0 radical (unpaired) electrons. The largest absolute Gasteiger partial charge is 0.351 e. The van der Waals surface area contributed by atoms with Crippen LogP contribution >= 0.6 is 0 Å². The van der Waals surface area contributed by atoms with E-state index in [0.717, 1.165) is 27.5 Å². The molecule has 4 rings (SSSR count). The van der Waals surface area contributed by atoms with Gasteiger partial charge in [0.1, 0.15) is 0 Å². The summed E-state index contributed by atoms with van der Waals surface area (Å²) < 4.78 is 0. The average molecular weight is 358 g/mol. The number of amides is 1. The van der Waals surface area contributed by atoms with Crippen LogP contribution in [0.15, 0.2) is 73.1 Å². The molecule has 5 nitrogen and oxygen atoms in total. The summed E-state index contributed by atoms with van der Waals surface area (Å²) >= 11 is 0. The van der Waals surface area contributed by atoms with E-state index in [0.29, 0.717) is 13.1 Å². The van der Waals surface area contributed by atoms with Crippen LogP contribution in [0.3, 0.4) is 0 Å². The third-order valence-electron chi connectivity index (χ3n) is 4.21. The standard InChI is InChI=1S/C12H12N2O.C10H10N2/c1-9(15)14-8-12-11-5-3-2-4-10(11)6-7-13-12;11-7-10-9-4-2-1-3-8(9)5-6-12-10/h2-7H,8H2,1H3,(H,14,15);1-6H,7,11H2. The van der Waals surface area contributed by atoms with Crippen LogP contribution in [-0.2, 0) is 17.9 Å². The smallest absolute Gasteiger partial charge is 0.217 e. The zero-order valence-corrected chi connectivity index (χ0v) is 15.2. The highest BCUT2D eigenvalue weighted by Crippen LogP contribution is 2.16. The minimum absolute atomic E-state index is 0.0373. The van der Waals surface area contributed by atoms with Gasteiger partial charge in [0, 0.05) is 36.6 Å². The van der Waals surface area contributed by atoms with Crippen LogP contribution < -0.4 is 11.1 Å². The summed E-state index contributed by atoms with van der Waals surface area (Å²) in [5, 5.41) is 7.35. The van der Waals surface area contributed by atoms with Crippen LogP contribution in [0.2, 0.25) is 0 Å². The summed E-state index contributed by atoms with van der Waals surface area (Å²) in [4.78, 5) is 19.3. The van der Waals surface area contributed by atoms with Crippen molar-refractivity contribution in [2.75, 3.05) is 0 Å². The normalized spacial score (nSPS) is 10.3. The topological polar surface area (TPSA) is 80.9 Å². The van der Waals surface area contributed by atoms with Crippen LogP contribution in [0, 0.1) is 0 Å². The van der Waals surface area contributed by atoms with E-state index in [1.807, 2.05) is 54.6 Å². The predicted octanol–water partition coefficient (Wildman–Crippen LogP) is 3.56. The molecule has 0 aliphatic carbocycles. The Morgan fingerprint density at radius 3 is 1.93 bits per heavy atom. The van der Waals surface area contributed by atoms with Gasteiger partial charge in [0.25, 0.3) is 0 Å². The van der Waals surface area contributed by atoms with E-state index in [1.165, 1.54) is 12.3 Å². The molecule has 136 valence electrons. The van der Waals surface area contributed by atoms with Gasteiger partial charge in [-0.15, -0.1) is 0 Å². The van der Waals surface area contributed by atoms with Crippen molar-refractivity contribution in [2.45, 2.75) is 20.0 Å². The van der Waals surface area contributed by atoms with Crippen LogP contribution in [0.25, 0.3) is 21.5 Å². The maximum Gasteiger partial charge on any atom is 0.217 e. The molecule has 0 spiro atoms. The van der Waals surface area contributed by atoms with Gasteiger partial charge in [-0.05, 0) is 22.9 Å². The molecule has 0 fully saturated rings. The van der Waals surface area contributed by atoms with Gasteiger partial charge < -0.3 is 11.1 Å². The van der Waals surface area contributed by atoms with E-state index in [9.17, 15) is 4.79 Å². The molecular weight excluding hydrogens is 336 g/mol. The minimum atomic E-state index is -0.0373. The molecule has 4 aromatic rings. The van der Waals surface area contributed by atoms with Gasteiger partial charge in [-0.3, -0.25) is 14.8 Å². The van der Waals surface area contributed by atoms with Crippen molar-refractivity contribution in [1.29, 1.82) is 0 Å². The van der Waals surface area contributed by atoms with Crippen molar-refractivity contribution in [2.24, 2.45) is 5.73 Å². The molecule has 2 aromatic carbocycles. The maximum absolute atomic E-state index is 10.8. The Hall–Kier alpha value is -3.31. The highest BCUT2D eigenvalue weighted by Gasteiger charge is 2.01. The molecule has 1 amide bonds. The van der Waals surface area contributed by atoms with E-state index in [4.69, 9.17) is 5.73 Å². The first-order chi connectivity index (χ1) is 13.2. The number of pyridine rings is 2. The van der Waals surface area contributed by atoms with E-state index < -0.39 is 0 Å². The van der Waals surface area contributed by atoms with Gasteiger partial charge >= 0.3 is 0 Å². The van der Waals surface area contributed by atoms with Crippen molar-refractivity contribution in [3.8, 4) is 0 Å². The molecule has 2 aromatic heterocycles. The highest BCUT2D eigenvalue weighted by molar-refractivity contribution is 5.85. The van der Waals surface area contributed by atoms with E-state index in [2.05, 4.69) is 21.4 Å². The molecular formula is C22H22N4O. The molecule has 0 aliphatic heterocycles. The fraction of sp³-hybridized carbons (Fsp3) is 0.136. The zero-order chi connectivity index (χ0) is 19.1. The summed E-state index contributed by atoms with van der Waals surface area (Å²) in [6.45, 7) is 2.49. The van der Waals surface area contributed by atoms with Gasteiger partial charge in [-0.1, -0.05) is 48.5 Å². The van der Waals surface area contributed by atoms with Crippen molar-refractivity contribution >= 4 is 27.5 Å². The molecule has 0 aliphatic rings. The summed E-state index contributed by atoms with van der Waals surface area (Å²) in [6.07, 6.45) is 3.56. The number of hydrogen-bond donors (Lipinski definition) is 2. The van der Waals surface area contributed by atoms with Gasteiger partial charge in [-0.2, -0.15) is 0 Å². The number of rotatable bonds is 3. The second-order valence-corrected chi connectivity index (χ2v) is 6.07. The lowest BCUT2D eigenvalue weighted by Crippen LogP contribution is -2.19. The van der Waals surface area contributed by atoms with Gasteiger partial charge in [-0.25, -0.2) is 0 Å². The third kappa shape index (κ3) is 4.65. The Morgan fingerprint density at radius 2 is 1.37 bits per heavy atom. The van der Waals surface area contributed by atoms with Gasteiger partial charge in [0.2, 0.25) is 5.91 Å². The average Bonchev–Trinajstić information content (AvgIpc) is 2.72. The molecule has 0 saturated heterocycles. The van der Waals surface area contributed by atoms with E-state index in [-0.39, 0.29) is 5.91 Å². The molecule has 0 saturated carbocycles. The molecule has 2 heterocycles. The number of hydrogen-bond acceptors (Lipinski definition) is 4. The fourth-order valence-corrected chi connectivity index (χ4v) is 2.88. The first-order valence-corrected chi connectivity index (χ1v) is 8.79. The van der Waals surface area contributed by atoms with Crippen LogP contribution in [0.4, 0.5) is 0 Å². The Balaban J connectivity index is 0.000000159. The number of carbonyl (C=O) groups excluding carboxylic acids is 1. The van der Waals surface area contributed by atoms with Crippen LogP contribution in [-0.4, -0.2) is 15.9 Å². The number of nitrogens with two attached hydrogens (primary N) is 1. The lowest BCUT2D eigenvalue weighted by molar-refractivity contribution is -0.119. The Bertz CT molecular complexity index is 1050. The quantitative estimate of drug-likeness (QED) is 0.587. The van der Waals surface area contributed by atoms with Crippen molar-refractivity contribution in [3.05, 3.63) is 84.4 Å². The summed E-state index contributed by atoms with van der Waals surface area (Å²) in [6, 6.07) is 20.1. The first-order valence-electron chi connectivity index (χ1n) is 8.79. The summed E-state index contributed by atoms with van der Waals surface area (Å²) in [5.41, 5.74) is 7.43. The van der Waals surface area contributed by atoms with E-state index >= 15 is 0 Å². The number of nitrogens with one attached hydrogen (secondary N) is 1. The number of benzene rings is 2. The van der Waals surface area contributed by atoms with Gasteiger partial charge in [0.15, 0.2) is 0 Å². The molecule has 27 heavy (non-hydrogen) atoms. The van der Waals surface area contributed by atoms with Gasteiger partial charge in [0.05, 0.1) is 17.9 Å². The Kier molecular flexibility index (Phi) is 6.07. The molecule has 0 atom stereocenters. The van der Waals surface area contributed by atoms with Crippen molar-refractivity contribution < 1.29 is 4.79 Å². The second-order valence-electron chi connectivity index (χ2n) is 6.07. The lowest BCUT2D eigenvalue weighted by Gasteiger charge is -2.05. The SMILES string of the molecule is CC(=O)NCc1nccc2ccccc12.NCc1nccc2ccccc12. The summed E-state index contributed by atoms with van der Waals surface area (Å²) in [5.74, 6) is -0.0373. The predicted molar refractivity (Wildman–Crippen MR) is 109 cm³/mol. The Labute approximate surface area is 158 Å². The first kappa shape index (κ1) is 18.5. The monoisotopic (exact) mass is 358 g/mol. The minimum Gasteiger partial charge on any atom is -0.351 e. The number of nitrogens with zero attached hydrogens (tertiary/aromatic N) is 2. The second kappa shape index (κ2) is 8.87. The van der Waals surface area contributed by atoms with Crippen LogP contribution in [0.5, 0.6) is 0 Å². The fourth-order valence-electron chi connectivity index (χ4n) is 2.88. The third-order valence-corrected chi connectivity index (χ3v) is 4.21. The number of fused-ring (bicyclic) bond motifs is 2. The zero-order valence-electron chi connectivity index (χ0n) is 15.2. The molecule has 0 bridgehead atoms. The molecule has 5 heteroatoms. The maximum atomic E-state index is 10.8. The van der Waals surface area contributed by atoms with Crippen LogP contribution in [0.1, 0.15) is 18.3 Å². The number of aromatic nitrogens is 2. The Morgan fingerprint density at radius 1 is 0.852 bits per heavy atom. The van der Waals surface area contributed by atoms with Crippen molar-refractivity contribution in [1.82, 2.24) is 15.3 Å². The number of carbonyl (C=O) groups is 1. The molecule has 3 N–H and O–H groups in total. The molecule has 0 unspecified atom stereocenters. The van der Waals surface area contributed by atoms with Crippen molar-refractivity contribution in [3.63, 3.8) is 0 Å². The van der Waals surface area contributed by atoms with E-state index in [1.54, 1.807) is 12.4 Å².